The summed E-state index contributed by atoms with van der Waals surface area (Å²) in [5, 5.41) is 9.33. The van der Waals surface area contributed by atoms with Gasteiger partial charge in [-0.2, -0.15) is 4.98 Å². The molecule has 1 unspecified atom stereocenters. The van der Waals surface area contributed by atoms with Crippen molar-refractivity contribution in [3.8, 4) is 10.8 Å². The first-order valence-electron chi connectivity index (χ1n) is 6.58. The van der Waals surface area contributed by atoms with Crippen LogP contribution in [-0.4, -0.2) is 41.7 Å². The van der Waals surface area contributed by atoms with E-state index in [0.29, 0.717) is 5.89 Å². The fraction of sp³-hybridized carbons (Fsp3) is 0.538. The van der Waals surface area contributed by atoms with Crippen LogP contribution in [0.15, 0.2) is 22.0 Å². The fourth-order valence-electron chi connectivity index (χ4n) is 2.53. The van der Waals surface area contributed by atoms with E-state index in [1.165, 1.54) is 6.42 Å². The molecule has 1 atom stereocenters. The Balaban J connectivity index is 1.59. The molecule has 3 heterocycles. The third-order valence-electron chi connectivity index (χ3n) is 3.43. The maximum atomic E-state index is 5.30. The average molecular weight is 278 g/mol. The van der Waals surface area contributed by atoms with E-state index in [1.54, 1.807) is 11.3 Å². The van der Waals surface area contributed by atoms with Crippen LogP contribution in [-0.2, 0) is 6.54 Å². The molecule has 1 fully saturated rings. The Hall–Kier alpha value is -1.24. The van der Waals surface area contributed by atoms with Gasteiger partial charge in [0.1, 0.15) is 0 Å². The van der Waals surface area contributed by atoms with Gasteiger partial charge in [0.25, 0.3) is 5.89 Å². The molecular weight excluding hydrogens is 260 g/mol. The Bertz CT molecular complexity index is 510. The minimum absolute atomic E-state index is 0.635. The number of likely N-dealkylation sites (tertiary alicyclic amines) is 1. The normalized spacial score (nSPS) is 20.2. The van der Waals surface area contributed by atoms with Crippen LogP contribution in [0, 0.1) is 5.92 Å². The van der Waals surface area contributed by atoms with E-state index in [0.717, 1.165) is 42.8 Å². The van der Waals surface area contributed by atoms with Crippen LogP contribution in [0.25, 0.3) is 10.8 Å². The molecular formula is C13H18N4OS. The molecule has 1 N–H and O–H groups in total. The van der Waals surface area contributed by atoms with E-state index in [9.17, 15) is 0 Å². The van der Waals surface area contributed by atoms with Gasteiger partial charge in [-0.1, -0.05) is 11.2 Å². The van der Waals surface area contributed by atoms with Gasteiger partial charge in [0.05, 0.1) is 11.4 Å². The topological polar surface area (TPSA) is 54.2 Å². The number of aromatic nitrogens is 2. The lowest BCUT2D eigenvalue weighted by molar-refractivity contribution is 0.299. The number of rotatable bonds is 5. The van der Waals surface area contributed by atoms with E-state index in [-0.39, 0.29) is 0 Å². The van der Waals surface area contributed by atoms with Crippen molar-refractivity contribution in [2.45, 2.75) is 13.0 Å². The first kappa shape index (κ1) is 12.8. The zero-order chi connectivity index (χ0) is 13.1. The zero-order valence-corrected chi connectivity index (χ0v) is 11.8. The minimum atomic E-state index is 0.635. The molecule has 2 aromatic heterocycles. The molecule has 0 saturated carbocycles. The summed E-state index contributed by atoms with van der Waals surface area (Å²) >= 11 is 1.62. The SMILES string of the molecule is CNCC1CCN(Cc2noc(-c3cccs3)n2)C1. The van der Waals surface area contributed by atoms with E-state index in [1.807, 2.05) is 24.6 Å². The van der Waals surface area contributed by atoms with Crippen molar-refractivity contribution in [3.63, 3.8) is 0 Å². The predicted octanol–water partition coefficient (Wildman–Crippen LogP) is 1.84. The minimum Gasteiger partial charge on any atom is -0.333 e. The van der Waals surface area contributed by atoms with Gasteiger partial charge >= 0.3 is 0 Å². The van der Waals surface area contributed by atoms with Crippen molar-refractivity contribution in [3.05, 3.63) is 23.3 Å². The molecule has 102 valence electrons. The van der Waals surface area contributed by atoms with Gasteiger partial charge in [-0.05, 0) is 43.9 Å². The van der Waals surface area contributed by atoms with E-state index >= 15 is 0 Å². The largest absolute Gasteiger partial charge is 0.333 e. The second-order valence-electron chi connectivity index (χ2n) is 4.94. The molecule has 0 aliphatic carbocycles. The van der Waals surface area contributed by atoms with E-state index < -0.39 is 0 Å². The second-order valence-corrected chi connectivity index (χ2v) is 5.89. The Labute approximate surface area is 116 Å². The Morgan fingerprint density at radius 1 is 1.58 bits per heavy atom. The van der Waals surface area contributed by atoms with Gasteiger partial charge in [0, 0.05) is 6.54 Å². The van der Waals surface area contributed by atoms with Gasteiger partial charge < -0.3 is 9.84 Å². The maximum Gasteiger partial charge on any atom is 0.268 e. The van der Waals surface area contributed by atoms with E-state index in [2.05, 4.69) is 20.4 Å². The fourth-order valence-corrected chi connectivity index (χ4v) is 3.17. The summed E-state index contributed by atoms with van der Waals surface area (Å²) in [5.41, 5.74) is 0. The van der Waals surface area contributed by atoms with Crippen molar-refractivity contribution in [1.82, 2.24) is 20.4 Å². The monoisotopic (exact) mass is 278 g/mol. The summed E-state index contributed by atoms with van der Waals surface area (Å²) in [6.45, 7) is 4.11. The van der Waals surface area contributed by atoms with Crippen LogP contribution < -0.4 is 5.32 Å². The molecule has 0 aromatic carbocycles. The molecule has 0 spiro atoms. The highest BCUT2D eigenvalue weighted by Gasteiger charge is 2.23. The van der Waals surface area contributed by atoms with Crippen LogP contribution in [0.4, 0.5) is 0 Å². The van der Waals surface area contributed by atoms with Gasteiger partial charge in [-0.25, -0.2) is 0 Å². The summed E-state index contributed by atoms with van der Waals surface area (Å²) in [7, 11) is 2.01. The summed E-state index contributed by atoms with van der Waals surface area (Å²) in [5.74, 6) is 2.16. The molecule has 6 heteroatoms. The van der Waals surface area contributed by atoms with Gasteiger partial charge in [0.2, 0.25) is 0 Å². The molecule has 1 saturated heterocycles. The van der Waals surface area contributed by atoms with Gasteiger partial charge in [0.15, 0.2) is 5.82 Å². The predicted molar refractivity (Wildman–Crippen MR) is 74.9 cm³/mol. The van der Waals surface area contributed by atoms with Crippen molar-refractivity contribution >= 4 is 11.3 Å². The van der Waals surface area contributed by atoms with Gasteiger partial charge in [-0.15, -0.1) is 11.3 Å². The number of hydrogen-bond donors (Lipinski definition) is 1. The highest BCUT2D eigenvalue weighted by atomic mass is 32.1. The molecule has 0 bridgehead atoms. The summed E-state index contributed by atoms with van der Waals surface area (Å²) in [6, 6.07) is 3.99. The number of thiophene rings is 1. The van der Waals surface area contributed by atoms with Gasteiger partial charge in [-0.3, -0.25) is 4.90 Å². The second kappa shape index (κ2) is 5.81. The van der Waals surface area contributed by atoms with Crippen molar-refractivity contribution in [2.24, 2.45) is 5.92 Å². The van der Waals surface area contributed by atoms with Crippen LogP contribution in [0.2, 0.25) is 0 Å². The molecule has 3 rings (SSSR count). The van der Waals surface area contributed by atoms with Crippen LogP contribution in [0.5, 0.6) is 0 Å². The molecule has 2 aromatic rings. The summed E-state index contributed by atoms with van der Waals surface area (Å²) < 4.78 is 5.30. The highest BCUT2D eigenvalue weighted by molar-refractivity contribution is 7.13. The van der Waals surface area contributed by atoms with Crippen molar-refractivity contribution in [2.75, 3.05) is 26.7 Å². The van der Waals surface area contributed by atoms with Crippen LogP contribution in [0.3, 0.4) is 0 Å². The third kappa shape index (κ3) is 3.02. The Kier molecular flexibility index (Phi) is 3.91. The molecule has 1 aliphatic heterocycles. The summed E-state index contributed by atoms with van der Waals surface area (Å²) in [4.78, 5) is 7.89. The molecule has 1 aliphatic rings. The van der Waals surface area contributed by atoms with Crippen molar-refractivity contribution < 1.29 is 4.52 Å². The molecule has 5 nitrogen and oxygen atoms in total. The lowest BCUT2D eigenvalue weighted by Gasteiger charge is -2.13. The lowest BCUT2D eigenvalue weighted by Crippen LogP contribution is -2.24. The first-order chi connectivity index (χ1) is 9.35. The molecule has 0 radical (unpaired) electrons. The smallest absolute Gasteiger partial charge is 0.268 e. The van der Waals surface area contributed by atoms with Crippen LogP contribution in [0.1, 0.15) is 12.2 Å². The highest BCUT2D eigenvalue weighted by Crippen LogP contribution is 2.23. The van der Waals surface area contributed by atoms with Crippen LogP contribution >= 0.6 is 11.3 Å². The third-order valence-corrected chi connectivity index (χ3v) is 4.29. The maximum absolute atomic E-state index is 5.30. The standard InChI is InChI=1S/C13H18N4OS/c1-14-7-10-4-5-17(8-10)9-12-15-13(18-16-12)11-3-2-6-19-11/h2-3,6,10,14H,4-5,7-9H2,1H3. The number of hydrogen-bond acceptors (Lipinski definition) is 6. The lowest BCUT2D eigenvalue weighted by atomic mass is 10.1. The Morgan fingerprint density at radius 3 is 3.32 bits per heavy atom. The molecule has 0 amide bonds. The van der Waals surface area contributed by atoms with E-state index in [4.69, 9.17) is 4.52 Å². The average Bonchev–Trinajstić information content (AvgIpc) is 3.10. The number of nitrogens with zero attached hydrogens (tertiary/aromatic N) is 3. The summed E-state index contributed by atoms with van der Waals surface area (Å²) in [6.07, 6.45) is 1.25. The first-order valence-corrected chi connectivity index (χ1v) is 7.46. The van der Waals surface area contributed by atoms with Crippen molar-refractivity contribution in [1.29, 1.82) is 0 Å². The number of nitrogens with one attached hydrogen (secondary N) is 1. The quantitative estimate of drug-likeness (QED) is 0.904. The molecule has 19 heavy (non-hydrogen) atoms. The Morgan fingerprint density at radius 2 is 2.53 bits per heavy atom. The zero-order valence-electron chi connectivity index (χ0n) is 11.0.